The monoisotopic (exact) mass is 805 g/mol. The Balaban J connectivity index is 0.000000442. The number of hydrogen-bond acceptors (Lipinski definition) is 3. The Hall–Kier alpha value is -3.27. The molecule has 0 spiro atoms. The van der Waals surface area contributed by atoms with Crippen molar-refractivity contribution in [1.29, 1.82) is 0 Å². The first-order valence-corrected chi connectivity index (χ1v) is 10.4. The molecule has 233 valence electrons. The molecule has 0 unspecified atom stereocenters. The number of carbonyl (C=O) groups is 1. The summed E-state index contributed by atoms with van der Waals surface area (Å²) in [5.74, 6) is -35.9. The minimum Gasteiger partial charge on any atom is -0.506 e. The van der Waals surface area contributed by atoms with Gasteiger partial charge in [0.15, 0.2) is 5.76 Å². The number of nitrogens with zero attached hydrogens (tertiary/aromatic N) is 1. The number of allylic oxidation sites excluding steroid dienone is 2. The van der Waals surface area contributed by atoms with Crippen LogP contribution in [0.2, 0.25) is 0 Å². The van der Waals surface area contributed by atoms with Crippen LogP contribution in [0.4, 0.5) is 61.5 Å². The van der Waals surface area contributed by atoms with Gasteiger partial charge < -0.3 is 10.1 Å². The summed E-state index contributed by atoms with van der Waals surface area (Å²) in [7, 11) is 0. The second kappa shape index (κ2) is 12.5. The molecule has 2 aromatic carbocycles. The van der Waals surface area contributed by atoms with E-state index in [0.717, 1.165) is 11.3 Å². The van der Waals surface area contributed by atoms with E-state index < -0.39 is 53.7 Å². The van der Waals surface area contributed by atoms with Gasteiger partial charge in [-0.3, -0.25) is 4.79 Å². The smallest absolute Gasteiger partial charge is 0.460 e. The molecule has 0 fully saturated rings. The number of carbonyl (C=O) groups excluding carboxylic acids is 1. The van der Waals surface area contributed by atoms with Crippen LogP contribution in [0.3, 0.4) is 0 Å². The summed E-state index contributed by atoms with van der Waals surface area (Å²) < 4.78 is 171. The fourth-order valence-corrected chi connectivity index (χ4v) is 2.85. The van der Waals surface area contributed by atoms with E-state index in [1.807, 2.05) is 48.7 Å². The fraction of sp³-hybridized carbons (Fsp3) is 0.250. The van der Waals surface area contributed by atoms with E-state index in [9.17, 15) is 66.3 Å². The molecule has 0 saturated heterocycles. The van der Waals surface area contributed by atoms with Gasteiger partial charge in [-0.15, -0.1) is 35.9 Å². The van der Waals surface area contributed by atoms with Crippen LogP contribution in [0.15, 0.2) is 72.6 Å². The van der Waals surface area contributed by atoms with Gasteiger partial charge >= 0.3 is 36.0 Å². The third kappa shape index (κ3) is 7.02. The molecular weight excluding hydrogens is 792 g/mol. The molecule has 0 aliphatic rings. The number of halogens is 14. The second-order valence-electron chi connectivity index (χ2n) is 7.84. The average molecular weight is 805 g/mol. The molecule has 42 heavy (non-hydrogen) atoms. The molecule has 1 heterocycles. The van der Waals surface area contributed by atoms with E-state index >= 15 is 0 Å². The molecule has 3 nitrogen and oxygen atoms in total. The first kappa shape index (κ1) is 36.8. The molecule has 3 rings (SSSR count). The number of aliphatic hydroxyl groups excluding tert-OH is 1. The quantitative estimate of drug-likeness (QED) is 0.118. The van der Waals surface area contributed by atoms with Crippen LogP contribution in [-0.4, -0.2) is 51.9 Å². The van der Waals surface area contributed by atoms with Crippen LogP contribution in [0.1, 0.15) is 0 Å². The van der Waals surface area contributed by atoms with Crippen LogP contribution in [0.25, 0.3) is 22.0 Å². The Labute approximate surface area is 239 Å². The van der Waals surface area contributed by atoms with Crippen LogP contribution in [0.5, 0.6) is 0 Å². The molecule has 0 aliphatic heterocycles. The minimum absolute atomic E-state index is 0. The summed E-state index contributed by atoms with van der Waals surface area (Å²) in [5, 5.41) is 10.7. The molecule has 1 N–H and O–H groups in total. The Bertz CT molecular complexity index is 1400. The maximum Gasteiger partial charge on any atom is 0.460 e. The Morgan fingerprint density at radius 2 is 1.21 bits per heavy atom. The Kier molecular flexibility index (Phi) is 11.0. The first-order valence-electron chi connectivity index (χ1n) is 10.4. The summed E-state index contributed by atoms with van der Waals surface area (Å²) in [6.45, 7) is 0. The number of ketones is 1. The number of alkyl halides is 14. The van der Waals surface area contributed by atoms with Crippen LogP contribution < -0.4 is 0 Å². The van der Waals surface area contributed by atoms with Gasteiger partial charge in [0.05, 0.1) is 0 Å². The normalized spacial score (nSPS) is 13.6. The molecule has 18 heteroatoms. The van der Waals surface area contributed by atoms with Gasteiger partial charge in [-0.1, -0.05) is 24.3 Å². The predicted molar refractivity (Wildman–Crippen MR) is 114 cm³/mol. The summed E-state index contributed by atoms with van der Waals surface area (Å²) in [4.78, 5) is 15.0. The van der Waals surface area contributed by atoms with Crippen molar-refractivity contribution in [3.8, 4) is 11.3 Å². The van der Waals surface area contributed by atoms with E-state index in [0.29, 0.717) is 0 Å². The van der Waals surface area contributed by atoms with Crippen molar-refractivity contribution in [1.82, 2.24) is 4.98 Å². The SMILES string of the molecule is O=C(C=C(O)C(F)(F)C(F)(F)C(F)(F)F)C(F)(F)C(F)(F)C(F)(F)F.[Ir].[c-]1ccccc1-c1nccc2ccccc12. The molecule has 1 radical (unpaired) electrons. The van der Waals surface area contributed by atoms with Gasteiger partial charge in [0.2, 0.25) is 5.78 Å². The zero-order valence-electron chi connectivity index (χ0n) is 19.8. The number of aliphatic hydroxyl groups is 1. The van der Waals surface area contributed by atoms with E-state index in [-0.39, 0.29) is 20.1 Å². The molecule has 3 aromatic rings. The maximum atomic E-state index is 12.8. The number of hydrogen-bond donors (Lipinski definition) is 1. The van der Waals surface area contributed by atoms with Crippen molar-refractivity contribution < 1.29 is 91.5 Å². The second-order valence-corrected chi connectivity index (χ2v) is 7.84. The summed E-state index contributed by atoms with van der Waals surface area (Å²) in [6, 6.07) is 21.4. The molecular formula is C24H12F14IrNO2-. The third-order valence-electron chi connectivity index (χ3n) is 5.04. The molecule has 0 bridgehead atoms. The third-order valence-corrected chi connectivity index (χ3v) is 5.04. The van der Waals surface area contributed by atoms with E-state index in [4.69, 9.17) is 5.11 Å². The number of benzene rings is 2. The Morgan fingerprint density at radius 3 is 1.71 bits per heavy atom. The number of pyridine rings is 1. The van der Waals surface area contributed by atoms with Gasteiger partial charge in [-0.05, 0) is 22.5 Å². The van der Waals surface area contributed by atoms with Crippen molar-refractivity contribution in [2.45, 2.75) is 36.0 Å². The predicted octanol–water partition coefficient (Wildman–Crippen LogP) is 8.36. The van der Waals surface area contributed by atoms with Crippen LogP contribution >= 0.6 is 0 Å². The zero-order valence-corrected chi connectivity index (χ0v) is 22.2. The zero-order chi connectivity index (χ0) is 31.7. The minimum atomic E-state index is -7.21. The summed E-state index contributed by atoms with van der Waals surface area (Å²) in [6.07, 6.45) is -14.4. The van der Waals surface area contributed by atoms with Gasteiger partial charge in [0.1, 0.15) is 0 Å². The first-order chi connectivity index (χ1) is 18.5. The van der Waals surface area contributed by atoms with Crippen molar-refractivity contribution in [3.05, 3.63) is 78.7 Å². The van der Waals surface area contributed by atoms with Crippen molar-refractivity contribution in [2.75, 3.05) is 0 Å². The summed E-state index contributed by atoms with van der Waals surface area (Å²) >= 11 is 0. The van der Waals surface area contributed by atoms with Crippen LogP contribution in [0, 0.1) is 6.07 Å². The molecule has 1 aromatic heterocycles. The molecule has 0 saturated carbocycles. The maximum absolute atomic E-state index is 12.8. The van der Waals surface area contributed by atoms with E-state index in [1.165, 1.54) is 10.8 Å². The number of rotatable bonds is 6. The standard InChI is InChI=1S/C15H10N.C9H2F14O2.Ir/c1-2-7-13(8-3-1)15-14-9-5-4-6-12(14)10-11-16-15;10-4(11,6(14,15)8(18,19)20)2(24)1-3(25)5(12,13)7(16,17)9(21,22)23;/h1-7,9-11H;1,24H;/q-1;;. The van der Waals surface area contributed by atoms with Gasteiger partial charge in [-0.25, -0.2) is 0 Å². The number of aromatic nitrogens is 1. The number of fused-ring (bicyclic) bond motifs is 1. The summed E-state index contributed by atoms with van der Waals surface area (Å²) in [5.41, 5.74) is 2.04. The van der Waals surface area contributed by atoms with E-state index in [1.54, 1.807) is 0 Å². The average Bonchev–Trinajstić information content (AvgIpc) is 2.87. The van der Waals surface area contributed by atoms with Gasteiger partial charge in [0.25, 0.3) is 0 Å². The molecule has 0 aliphatic carbocycles. The van der Waals surface area contributed by atoms with Crippen molar-refractivity contribution in [3.63, 3.8) is 0 Å². The van der Waals surface area contributed by atoms with Crippen LogP contribution in [-0.2, 0) is 24.9 Å². The van der Waals surface area contributed by atoms with Gasteiger partial charge in [0, 0.05) is 32.4 Å². The van der Waals surface area contributed by atoms with Crippen molar-refractivity contribution in [2.24, 2.45) is 0 Å². The topological polar surface area (TPSA) is 50.2 Å². The largest absolute Gasteiger partial charge is 0.506 e. The van der Waals surface area contributed by atoms with E-state index in [2.05, 4.69) is 23.2 Å². The van der Waals surface area contributed by atoms with Crippen molar-refractivity contribution >= 4 is 16.6 Å². The van der Waals surface area contributed by atoms with Gasteiger partial charge in [-0.2, -0.15) is 61.5 Å². The molecule has 0 atom stereocenters. The Morgan fingerprint density at radius 1 is 0.714 bits per heavy atom. The fourth-order valence-electron chi connectivity index (χ4n) is 2.85. The molecule has 0 amide bonds.